The number of aromatic amines is 1. The van der Waals surface area contributed by atoms with E-state index in [1.807, 2.05) is 43.3 Å². The summed E-state index contributed by atoms with van der Waals surface area (Å²) in [6.07, 6.45) is 1.75. The Labute approximate surface area is 158 Å². The van der Waals surface area contributed by atoms with E-state index >= 15 is 0 Å². The monoisotopic (exact) mass is 375 g/mol. The Kier molecular flexibility index (Phi) is 6.00. The summed E-state index contributed by atoms with van der Waals surface area (Å²) >= 11 is 0. The fourth-order valence-corrected chi connectivity index (χ4v) is 2.58. The second-order valence-corrected chi connectivity index (χ2v) is 5.82. The maximum Gasteiger partial charge on any atom is 0.200 e. The zero-order valence-corrected chi connectivity index (χ0v) is 15.9. The van der Waals surface area contributed by atoms with Crippen molar-refractivity contribution in [1.82, 2.24) is 9.97 Å². The molecule has 1 aromatic heterocycles. The molecule has 0 aliphatic carbocycles. The van der Waals surface area contributed by atoms with Crippen LogP contribution in [0.1, 0.15) is 0 Å². The smallest absolute Gasteiger partial charge is 0.200 e. The van der Waals surface area contributed by atoms with Gasteiger partial charge in [0.2, 0.25) is 5.75 Å². The second-order valence-electron chi connectivity index (χ2n) is 5.82. The van der Waals surface area contributed by atoms with Crippen molar-refractivity contribution in [2.24, 2.45) is 0 Å². The van der Waals surface area contributed by atoms with Crippen molar-refractivity contribution in [2.45, 2.75) is 0 Å². The molecular formula is C19H22ClN3O3. The van der Waals surface area contributed by atoms with E-state index in [2.05, 4.69) is 9.97 Å². The topological polar surface area (TPSA) is 70.6 Å². The van der Waals surface area contributed by atoms with Crippen LogP contribution in [0.4, 0.5) is 5.69 Å². The lowest BCUT2D eigenvalue weighted by Gasteiger charge is -2.12. The second kappa shape index (κ2) is 8.01. The van der Waals surface area contributed by atoms with E-state index in [4.69, 9.17) is 9.47 Å². The van der Waals surface area contributed by atoms with E-state index < -0.39 is 0 Å². The van der Waals surface area contributed by atoms with Crippen molar-refractivity contribution < 1.29 is 14.6 Å². The highest BCUT2D eigenvalue weighted by Crippen LogP contribution is 2.40. The zero-order valence-electron chi connectivity index (χ0n) is 15.1. The number of H-pyrrole nitrogens is 1. The van der Waals surface area contributed by atoms with Crippen LogP contribution < -0.4 is 14.4 Å². The van der Waals surface area contributed by atoms with Crippen molar-refractivity contribution in [1.29, 1.82) is 0 Å². The first-order valence-electron chi connectivity index (χ1n) is 7.81. The predicted octanol–water partition coefficient (Wildman–Crippen LogP) is 3.95. The number of rotatable bonds is 5. The van der Waals surface area contributed by atoms with Gasteiger partial charge >= 0.3 is 0 Å². The third-order valence-electron chi connectivity index (χ3n) is 4.02. The van der Waals surface area contributed by atoms with Gasteiger partial charge in [-0.05, 0) is 36.4 Å². The van der Waals surface area contributed by atoms with Crippen LogP contribution >= 0.6 is 12.4 Å². The maximum absolute atomic E-state index is 10.0. The van der Waals surface area contributed by atoms with Crippen molar-refractivity contribution in [3.63, 3.8) is 0 Å². The fraction of sp³-hybridized carbons (Fsp3) is 0.211. The molecule has 0 saturated carbocycles. The van der Waals surface area contributed by atoms with E-state index in [1.165, 1.54) is 14.2 Å². The van der Waals surface area contributed by atoms with E-state index in [-0.39, 0.29) is 18.2 Å². The largest absolute Gasteiger partial charge is 0.502 e. The number of aromatic nitrogens is 2. The number of phenols is 1. The molecule has 6 nitrogen and oxygen atoms in total. The predicted molar refractivity (Wildman–Crippen MR) is 106 cm³/mol. The summed E-state index contributed by atoms with van der Waals surface area (Å²) in [5.74, 6) is 1.45. The SMILES string of the molecule is COc1cc(-c2cnc(-c3ccc(N(C)C)cc3)[nH]2)cc(OC)c1O.Cl. The standard InChI is InChI=1S/C19H21N3O3.ClH/c1-22(2)14-7-5-12(6-8-14)19-20-11-15(21-19)13-9-16(24-3)18(23)17(10-13)25-4;/h5-11,23H,1-4H3,(H,20,21);1H. The molecule has 7 heteroatoms. The maximum atomic E-state index is 10.0. The third kappa shape index (κ3) is 3.70. The Hall–Kier alpha value is -2.86. The number of hydrogen-bond acceptors (Lipinski definition) is 5. The molecule has 3 aromatic rings. The van der Waals surface area contributed by atoms with Gasteiger partial charge in [0.05, 0.1) is 26.1 Å². The lowest BCUT2D eigenvalue weighted by molar-refractivity contribution is 0.340. The number of hydrogen-bond donors (Lipinski definition) is 2. The summed E-state index contributed by atoms with van der Waals surface area (Å²) < 4.78 is 10.4. The third-order valence-corrected chi connectivity index (χ3v) is 4.02. The number of nitrogens with zero attached hydrogens (tertiary/aromatic N) is 2. The van der Waals surface area contributed by atoms with E-state index in [0.29, 0.717) is 11.5 Å². The molecule has 0 unspecified atom stereocenters. The average Bonchev–Trinajstić information content (AvgIpc) is 3.12. The Bertz CT molecular complexity index is 851. The van der Waals surface area contributed by atoms with Crippen LogP contribution in [0.3, 0.4) is 0 Å². The number of ether oxygens (including phenoxy) is 2. The van der Waals surface area contributed by atoms with Crippen molar-refractivity contribution in [3.8, 4) is 39.9 Å². The van der Waals surface area contributed by atoms with Gasteiger partial charge in [0.25, 0.3) is 0 Å². The molecule has 138 valence electrons. The molecule has 3 rings (SSSR count). The Morgan fingerprint density at radius 2 is 1.54 bits per heavy atom. The molecule has 2 N–H and O–H groups in total. The van der Waals surface area contributed by atoms with Gasteiger partial charge in [-0.15, -0.1) is 12.4 Å². The van der Waals surface area contributed by atoms with Gasteiger partial charge in [-0.2, -0.15) is 0 Å². The minimum absolute atomic E-state index is 0. The number of aromatic hydroxyl groups is 1. The summed E-state index contributed by atoms with van der Waals surface area (Å²) in [5.41, 5.74) is 3.75. The molecule has 1 heterocycles. The molecule has 0 atom stereocenters. The van der Waals surface area contributed by atoms with Crippen molar-refractivity contribution in [2.75, 3.05) is 33.2 Å². The lowest BCUT2D eigenvalue weighted by Crippen LogP contribution is -2.07. The van der Waals surface area contributed by atoms with Gasteiger partial charge in [0.15, 0.2) is 11.5 Å². The summed E-state index contributed by atoms with van der Waals surface area (Å²) in [5, 5.41) is 10.0. The van der Waals surface area contributed by atoms with Crippen LogP contribution in [0.5, 0.6) is 17.2 Å². The number of methoxy groups -OCH3 is 2. The summed E-state index contributed by atoms with van der Waals surface area (Å²) in [6.45, 7) is 0. The number of phenolic OH excluding ortho intramolecular Hbond substituents is 1. The van der Waals surface area contributed by atoms with Gasteiger partial charge in [0.1, 0.15) is 5.82 Å². The molecule has 0 spiro atoms. The Balaban J connectivity index is 0.00000243. The molecule has 0 aliphatic rings. The van der Waals surface area contributed by atoms with E-state index in [1.54, 1.807) is 18.3 Å². The lowest BCUT2D eigenvalue weighted by atomic mass is 10.1. The average molecular weight is 376 g/mol. The van der Waals surface area contributed by atoms with Crippen LogP contribution in [0.15, 0.2) is 42.6 Å². The van der Waals surface area contributed by atoms with Gasteiger partial charge in [-0.3, -0.25) is 0 Å². The first-order valence-corrected chi connectivity index (χ1v) is 7.81. The van der Waals surface area contributed by atoms with Crippen molar-refractivity contribution in [3.05, 3.63) is 42.6 Å². The quantitative estimate of drug-likeness (QED) is 0.706. The number of imidazole rings is 1. The van der Waals surface area contributed by atoms with Gasteiger partial charge in [-0.1, -0.05) is 0 Å². The van der Waals surface area contributed by atoms with Crippen LogP contribution in [-0.2, 0) is 0 Å². The Morgan fingerprint density at radius 3 is 2.04 bits per heavy atom. The van der Waals surface area contributed by atoms with E-state index in [9.17, 15) is 5.11 Å². The zero-order chi connectivity index (χ0) is 18.0. The van der Waals surface area contributed by atoms with Gasteiger partial charge in [-0.25, -0.2) is 4.98 Å². The van der Waals surface area contributed by atoms with Gasteiger partial charge in [0, 0.05) is 30.9 Å². The van der Waals surface area contributed by atoms with Crippen LogP contribution in [0, 0.1) is 0 Å². The molecule has 0 saturated heterocycles. The molecule has 0 aliphatic heterocycles. The minimum Gasteiger partial charge on any atom is -0.502 e. The minimum atomic E-state index is -0.0206. The number of halogens is 1. The highest BCUT2D eigenvalue weighted by atomic mass is 35.5. The number of nitrogens with one attached hydrogen (secondary N) is 1. The van der Waals surface area contributed by atoms with Crippen molar-refractivity contribution >= 4 is 18.1 Å². The molecule has 0 fully saturated rings. The summed E-state index contributed by atoms with van der Waals surface area (Å²) in [7, 11) is 7.02. The van der Waals surface area contributed by atoms with Crippen LogP contribution in [-0.4, -0.2) is 43.4 Å². The molecule has 0 amide bonds. The molecule has 2 aromatic carbocycles. The fourth-order valence-electron chi connectivity index (χ4n) is 2.58. The van der Waals surface area contributed by atoms with Crippen LogP contribution in [0.25, 0.3) is 22.6 Å². The highest BCUT2D eigenvalue weighted by molar-refractivity contribution is 5.85. The van der Waals surface area contributed by atoms with Crippen LogP contribution in [0.2, 0.25) is 0 Å². The molecule has 0 radical (unpaired) electrons. The first-order chi connectivity index (χ1) is 12.0. The molecule has 0 bridgehead atoms. The summed E-state index contributed by atoms with van der Waals surface area (Å²) in [4.78, 5) is 9.80. The normalized spacial score (nSPS) is 10.2. The van der Waals surface area contributed by atoms with E-state index in [0.717, 1.165) is 28.3 Å². The number of anilines is 1. The first kappa shape index (κ1) is 19.5. The highest BCUT2D eigenvalue weighted by Gasteiger charge is 2.14. The molecule has 26 heavy (non-hydrogen) atoms. The number of benzene rings is 2. The molecular weight excluding hydrogens is 354 g/mol. The summed E-state index contributed by atoms with van der Waals surface area (Å²) in [6, 6.07) is 11.6. The van der Waals surface area contributed by atoms with Gasteiger partial charge < -0.3 is 24.5 Å². The Morgan fingerprint density at radius 1 is 0.962 bits per heavy atom.